The first-order chi connectivity index (χ1) is 11.4. The van der Waals surface area contributed by atoms with Crippen molar-refractivity contribution in [1.82, 2.24) is 4.90 Å². The number of amides is 1. The van der Waals surface area contributed by atoms with Gasteiger partial charge in [-0.3, -0.25) is 4.79 Å². The van der Waals surface area contributed by atoms with Crippen molar-refractivity contribution >= 4 is 5.91 Å². The molecule has 1 aromatic rings. The number of hydrogen-bond acceptors (Lipinski definition) is 3. The molecular formula is C20H26N2O2. The Balaban J connectivity index is 1.79. The summed E-state index contributed by atoms with van der Waals surface area (Å²) in [5.74, 6) is 0.000976. The fraction of sp³-hybridized carbons (Fsp3) is 0.450. The van der Waals surface area contributed by atoms with Gasteiger partial charge in [0, 0.05) is 17.7 Å². The quantitative estimate of drug-likeness (QED) is 0.909. The van der Waals surface area contributed by atoms with Gasteiger partial charge in [-0.25, -0.2) is 0 Å². The molecule has 1 aromatic carbocycles. The van der Waals surface area contributed by atoms with Crippen LogP contribution in [0.2, 0.25) is 0 Å². The molecule has 3 rings (SSSR count). The van der Waals surface area contributed by atoms with Crippen molar-refractivity contribution in [2.45, 2.75) is 26.9 Å². The molecule has 4 heteroatoms. The standard InChI is InChI=1S/C20H26N2O2/c1-14-11-16(21)12-20(2,3)18(14)19(23)22-9-10-24-17(13-22)15-7-5-4-6-8-15/h4-8,11-12,17-18H,9-10,13,21H2,1-3H3/t17-,18?/m1/s1. The number of carbonyl (C=O) groups is 1. The van der Waals surface area contributed by atoms with Crippen molar-refractivity contribution < 1.29 is 9.53 Å². The summed E-state index contributed by atoms with van der Waals surface area (Å²) >= 11 is 0. The van der Waals surface area contributed by atoms with Gasteiger partial charge in [0.2, 0.25) is 5.91 Å². The molecule has 1 saturated heterocycles. The summed E-state index contributed by atoms with van der Waals surface area (Å²) in [6.07, 6.45) is 3.86. The van der Waals surface area contributed by atoms with E-state index < -0.39 is 0 Å². The van der Waals surface area contributed by atoms with Crippen LogP contribution in [0, 0.1) is 11.3 Å². The molecule has 1 amide bonds. The highest BCUT2D eigenvalue weighted by atomic mass is 16.5. The number of hydrogen-bond donors (Lipinski definition) is 1. The maximum absolute atomic E-state index is 13.2. The highest BCUT2D eigenvalue weighted by Crippen LogP contribution is 2.40. The maximum atomic E-state index is 13.2. The first-order valence-electron chi connectivity index (χ1n) is 8.50. The predicted molar refractivity (Wildman–Crippen MR) is 95.0 cm³/mol. The van der Waals surface area contributed by atoms with Crippen LogP contribution in [-0.4, -0.2) is 30.5 Å². The van der Waals surface area contributed by atoms with Crippen LogP contribution >= 0.6 is 0 Å². The van der Waals surface area contributed by atoms with E-state index in [-0.39, 0.29) is 23.3 Å². The summed E-state index contributed by atoms with van der Waals surface area (Å²) in [7, 11) is 0. The Labute approximate surface area is 144 Å². The van der Waals surface area contributed by atoms with Crippen molar-refractivity contribution in [2.75, 3.05) is 19.7 Å². The lowest BCUT2D eigenvalue weighted by Gasteiger charge is -2.41. The Kier molecular flexibility index (Phi) is 4.50. The van der Waals surface area contributed by atoms with Crippen LogP contribution in [-0.2, 0) is 9.53 Å². The van der Waals surface area contributed by atoms with Crippen molar-refractivity contribution in [3.8, 4) is 0 Å². The van der Waals surface area contributed by atoms with E-state index in [2.05, 4.69) is 26.0 Å². The Bertz CT molecular complexity index is 676. The summed E-state index contributed by atoms with van der Waals surface area (Å²) in [4.78, 5) is 15.2. The molecule has 24 heavy (non-hydrogen) atoms. The van der Waals surface area contributed by atoms with E-state index in [1.807, 2.05) is 42.2 Å². The van der Waals surface area contributed by atoms with Gasteiger partial charge >= 0.3 is 0 Å². The Morgan fingerprint density at radius 2 is 2.00 bits per heavy atom. The fourth-order valence-corrected chi connectivity index (χ4v) is 3.90. The highest BCUT2D eigenvalue weighted by molar-refractivity contribution is 5.83. The molecule has 4 nitrogen and oxygen atoms in total. The fourth-order valence-electron chi connectivity index (χ4n) is 3.90. The first-order valence-corrected chi connectivity index (χ1v) is 8.50. The Morgan fingerprint density at radius 3 is 2.67 bits per heavy atom. The van der Waals surface area contributed by atoms with Gasteiger partial charge in [0.25, 0.3) is 0 Å². The van der Waals surface area contributed by atoms with E-state index in [1.165, 1.54) is 0 Å². The zero-order valence-electron chi connectivity index (χ0n) is 14.7. The molecule has 1 heterocycles. The van der Waals surface area contributed by atoms with E-state index in [0.29, 0.717) is 19.7 Å². The minimum absolute atomic E-state index is 0.0551. The Hall–Kier alpha value is -2.07. The minimum Gasteiger partial charge on any atom is -0.399 e. The minimum atomic E-state index is -0.277. The van der Waals surface area contributed by atoms with Crippen LogP contribution in [0.15, 0.2) is 53.8 Å². The van der Waals surface area contributed by atoms with Crippen LogP contribution < -0.4 is 5.73 Å². The van der Waals surface area contributed by atoms with Crippen LogP contribution in [0.3, 0.4) is 0 Å². The third-order valence-corrected chi connectivity index (χ3v) is 4.93. The average molecular weight is 326 g/mol. The van der Waals surface area contributed by atoms with Crippen molar-refractivity contribution in [3.63, 3.8) is 0 Å². The van der Waals surface area contributed by atoms with E-state index in [0.717, 1.165) is 16.8 Å². The third-order valence-electron chi connectivity index (χ3n) is 4.93. The number of carbonyl (C=O) groups excluding carboxylic acids is 1. The molecule has 0 saturated carbocycles. The second-order valence-corrected chi connectivity index (χ2v) is 7.34. The van der Waals surface area contributed by atoms with Crippen LogP contribution in [0.25, 0.3) is 0 Å². The molecular weight excluding hydrogens is 300 g/mol. The van der Waals surface area contributed by atoms with Crippen molar-refractivity contribution in [1.29, 1.82) is 0 Å². The Morgan fingerprint density at radius 1 is 1.29 bits per heavy atom. The lowest BCUT2D eigenvalue weighted by Crippen LogP contribution is -2.48. The van der Waals surface area contributed by atoms with Gasteiger partial charge < -0.3 is 15.4 Å². The molecule has 0 aromatic heterocycles. The zero-order chi connectivity index (χ0) is 17.3. The number of benzene rings is 1. The van der Waals surface area contributed by atoms with Gasteiger partial charge in [-0.15, -0.1) is 0 Å². The summed E-state index contributed by atoms with van der Waals surface area (Å²) in [5.41, 5.74) is 8.60. The molecule has 2 atom stereocenters. The maximum Gasteiger partial charge on any atom is 0.230 e. The highest BCUT2D eigenvalue weighted by Gasteiger charge is 2.40. The largest absolute Gasteiger partial charge is 0.399 e. The number of nitrogens with zero attached hydrogens (tertiary/aromatic N) is 1. The van der Waals surface area contributed by atoms with Gasteiger partial charge in [-0.05, 0) is 18.6 Å². The van der Waals surface area contributed by atoms with E-state index >= 15 is 0 Å². The molecule has 2 aliphatic rings. The molecule has 1 aliphatic heterocycles. The van der Waals surface area contributed by atoms with Crippen molar-refractivity contribution in [2.24, 2.45) is 17.1 Å². The third kappa shape index (κ3) is 3.24. The number of ether oxygens (including phenoxy) is 1. The smallest absolute Gasteiger partial charge is 0.230 e. The van der Waals surface area contributed by atoms with Gasteiger partial charge in [0.15, 0.2) is 0 Å². The summed E-state index contributed by atoms with van der Waals surface area (Å²) < 4.78 is 5.89. The molecule has 128 valence electrons. The second-order valence-electron chi connectivity index (χ2n) is 7.34. The first kappa shape index (κ1) is 16.8. The van der Waals surface area contributed by atoms with E-state index in [1.54, 1.807) is 0 Å². The van der Waals surface area contributed by atoms with Crippen LogP contribution in [0.4, 0.5) is 0 Å². The predicted octanol–water partition coefficient (Wildman–Crippen LogP) is 3.03. The second kappa shape index (κ2) is 6.44. The summed E-state index contributed by atoms with van der Waals surface area (Å²) in [6.45, 7) is 7.96. The number of nitrogens with two attached hydrogens (primary N) is 1. The zero-order valence-corrected chi connectivity index (χ0v) is 14.7. The van der Waals surface area contributed by atoms with Gasteiger partial charge in [-0.1, -0.05) is 55.8 Å². The topological polar surface area (TPSA) is 55.6 Å². The lowest BCUT2D eigenvalue weighted by atomic mass is 9.70. The monoisotopic (exact) mass is 326 g/mol. The molecule has 1 fully saturated rings. The SMILES string of the molecule is CC1=CC(N)=CC(C)(C)C1C(=O)N1CCO[C@@H](c2ccccc2)C1. The van der Waals surface area contributed by atoms with Gasteiger partial charge in [0.1, 0.15) is 6.10 Å². The van der Waals surface area contributed by atoms with Gasteiger partial charge in [-0.2, -0.15) is 0 Å². The number of allylic oxidation sites excluding steroid dienone is 2. The summed E-state index contributed by atoms with van der Waals surface area (Å²) in [6, 6.07) is 10.1. The molecule has 1 aliphatic carbocycles. The molecule has 2 N–H and O–H groups in total. The molecule has 1 unspecified atom stereocenters. The van der Waals surface area contributed by atoms with E-state index in [4.69, 9.17) is 10.5 Å². The number of morpholine rings is 1. The molecule has 0 radical (unpaired) electrons. The normalized spacial score (nSPS) is 26.5. The summed E-state index contributed by atoms with van der Waals surface area (Å²) in [5, 5.41) is 0. The van der Waals surface area contributed by atoms with E-state index in [9.17, 15) is 4.79 Å². The number of rotatable bonds is 2. The molecule has 0 bridgehead atoms. The van der Waals surface area contributed by atoms with Crippen LogP contribution in [0.5, 0.6) is 0 Å². The average Bonchev–Trinajstić information content (AvgIpc) is 2.54. The van der Waals surface area contributed by atoms with Gasteiger partial charge in [0.05, 0.1) is 19.1 Å². The molecule has 0 spiro atoms. The van der Waals surface area contributed by atoms with Crippen LogP contribution in [0.1, 0.15) is 32.4 Å². The van der Waals surface area contributed by atoms with Crippen molar-refractivity contribution in [3.05, 3.63) is 59.3 Å². The lowest BCUT2D eigenvalue weighted by molar-refractivity contribution is -0.144.